The van der Waals surface area contributed by atoms with Crippen LogP contribution in [0.3, 0.4) is 0 Å². The minimum atomic E-state index is 0.456. The molecule has 5 heteroatoms. The summed E-state index contributed by atoms with van der Waals surface area (Å²) in [5.41, 5.74) is 9.45. The van der Waals surface area contributed by atoms with E-state index in [2.05, 4.69) is 47.0 Å². The fourth-order valence-electron chi connectivity index (χ4n) is 2.76. The predicted molar refractivity (Wildman–Crippen MR) is 81.3 cm³/mol. The first kappa shape index (κ1) is 13.0. The van der Waals surface area contributed by atoms with Crippen molar-refractivity contribution in [3.05, 3.63) is 29.3 Å². The van der Waals surface area contributed by atoms with Crippen molar-refractivity contribution in [3.8, 4) is 5.69 Å². The molecule has 3 rings (SSSR count). The van der Waals surface area contributed by atoms with Crippen LogP contribution in [0, 0.1) is 13.8 Å². The third-order valence-corrected chi connectivity index (χ3v) is 3.84. The lowest BCUT2D eigenvalue weighted by Gasteiger charge is -2.24. The van der Waals surface area contributed by atoms with E-state index in [1.807, 2.05) is 0 Å². The van der Waals surface area contributed by atoms with E-state index in [-0.39, 0.29) is 0 Å². The number of nitrogen functional groups attached to an aromatic ring is 1. The van der Waals surface area contributed by atoms with E-state index < -0.39 is 0 Å². The first-order chi connectivity index (χ1) is 9.65. The Kier molecular flexibility index (Phi) is 3.34. The lowest BCUT2D eigenvalue weighted by Crippen LogP contribution is -2.30. The molecule has 2 heterocycles. The predicted octanol–water partition coefficient (Wildman–Crippen LogP) is 2.46. The summed E-state index contributed by atoms with van der Waals surface area (Å²) in [6.45, 7) is 6.21. The van der Waals surface area contributed by atoms with Crippen molar-refractivity contribution in [2.45, 2.75) is 33.1 Å². The number of hydrogen-bond donors (Lipinski definition) is 1. The molecule has 1 aliphatic heterocycles. The van der Waals surface area contributed by atoms with E-state index in [1.54, 1.807) is 4.68 Å². The van der Waals surface area contributed by atoms with Crippen molar-refractivity contribution in [1.29, 1.82) is 0 Å². The molecule has 2 N–H and O–H groups in total. The summed E-state index contributed by atoms with van der Waals surface area (Å²) in [5.74, 6) is 1.21. The van der Waals surface area contributed by atoms with Crippen LogP contribution in [0.4, 0.5) is 11.9 Å². The maximum Gasteiger partial charge on any atom is 0.246 e. The Hall–Kier alpha value is -2.04. The summed E-state index contributed by atoms with van der Waals surface area (Å²) in [6.07, 6.45) is 3.71. The van der Waals surface area contributed by atoms with Gasteiger partial charge in [0.1, 0.15) is 0 Å². The third-order valence-electron chi connectivity index (χ3n) is 3.84. The van der Waals surface area contributed by atoms with E-state index in [1.165, 1.54) is 24.8 Å². The first-order valence-electron chi connectivity index (χ1n) is 7.20. The van der Waals surface area contributed by atoms with Crippen molar-refractivity contribution < 1.29 is 0 Å². The molecule has 1 aliphatic rings. The van der Waals surface area contributed by atoms with E-state index in [4.69, 9.17) is 5.73 Å². The van der Waals surface area contributed by atoms with Crippen LogP contribution in [-0.4, -0.2) is 27.9 Å². The zero-order valence-electron chi connectivity index (χ0n) is 12.1. The molecule has 0 amide bonds. The Balaban J connectivity index is 1.95. The van der Waals surface area contributed by atoms with Crippen molar-refractivity contribution >= 4 is 11.9 Å². The molecule has 0 radical (unpaired) electrons. The number of benzene rings is 1. The van der Waals surface area contributed by atoms with Gasteiger partial charge in [0, 0.05) is 13.1 Å². The van der Waals surface area contributed by atoms with E-state index in [0.717, 1.165) is 30.3 Å². The number of nitrogens with two attached hydrogens (primary N) is 1. The largest absolute Gasteiger partial charge is 0.368 e. The molecule has 1 aromatic heterocycles. The van der Waals surface area contributed by atoms with Crippen molar-refractivity contribution in [2.75, 3.05) is 23.7 Å². The van der Waals surface area contributed by atoms with Gasteiger partial charge in [-0.3, -0.25) is 0 Å². The van der Waals surface area contributed by atoms with Crippen LogP contribution < -0.4 is 10.6 Å². The normalized spacial score (nSPS) is 15.6. The summed E-state index contributed by atoms with van der Waals surface area (Å²) in [5, 5.41) is 4.60. The van der Waals surface area contributed by atoms with Crippen molar-refractivity contribution in [3.63, 3.8) is 0 Å². The van der Waals surface area contributed by atoms with Crippen molar-refractivity contribution in [1.82, 2.24) is 14.8 Å². The van der Waals surface area contributed by atoms with Gasteiger partial charge in [-0.15, -0.1) is 5.10 Å². The van der Waals surface area contributed by atoms with Crippen LogP contribution in [0.2, 0.25) is 0 Å². The summed E-state index contributed by atoms with van der Waals surface area (Å²) in [4.78, 5) is 6.65. The molecular weight excluding hydrogens is 250 g/mol. The molecule has 1 fully saturated rings. The smallest absolute Gasteiger partial charge is 0.246 e. The van der Waals surface area contributed by atoms with E-state index in [9.17, 15) is 0 Å². The van der Waals surface area contributed by atoms with Crippen LogP contribution in [0.5, 0.6) is 0 Å². The van der Waals surface area contributed by atoms with Gasteiger partial charge in [0.05, 0.1) is 5.69 Å². The number of aromatic nitrogens is 3. The summed E-state index contributed by atoms with van der Waals surface area (Å²) in [7, 11) is 0. The zero-order chi connectivity index (χ0) is 14.1. The minimum Gasteiger partial charge on any atom is -0.368 e. The number of anilines is 2. The summed E-state index contributed by atoms with van der Waals surface area (Å²) in [6, 6.07) is 6.26. The molecule has 1 saturated heterocycles. The van der Waals surface area contributed by atoms with E-state index in [0.29, 0.717) is 5.95 Å². The molecule has 0 bridgehead atoms. The van der Waals surface area contributed by atoms with Gasteiger partial charge in [-0.1, -0.05) is 17.7 Å². The molecule has 2 aromatic rings. The number of piperidine rings is 1. The second-order valence-electron chi connectivity index (χ2n) is 5.52. The first-order valence-corrected chi connectivity index (χ1v) is 7.20. The average Bonchev–Trinajstić information content (AvgIpc) is 2.82. The molecule has 5 nitrogen and oxygen atoms in total. The Morgan fingerprint density at radius 1 is 1.10 bits per heavy atom. The second kappa shape index (κ2) is 5.15. The Labute approximate surface area is 119 Å². The topological polar surface area (TPSA) is 60.0 Å². The van der Waals surface area contributed by atoms with Gasteiger partial charge < -0.3 is 10.6 Å². The highest BCUT2D eigenvalue weighted by molar-refractivity contribution is 5.48. The highest BCUT2D eigenvalue weighted by Gasteiger charge is 2.18. The van der Waals surface area contributed by atoms with Crippen LogP contribution in [-0.2, 0) is 0 Å². The van der Waals surface area contributed by atoms with Gasteiger partial charge >= 0.3 is 0 Å². The molecule has 0 atom stereocenters. The van der Waals surface area contributed by atoms with Crippen LogP contribution in [0.25, 0.3) is 5.69 Å². The third kappa shape index (κ3) is 2.35. The number of hydrogen-bond acceptors (Lipinski definition) is 4. The van der Waals surface area contributed by atoms with Crippen LogP contribution >= 0.6 is 0 Å². The molecule has 1 aromatic carbocycles. The molecular formula is C15H21N5. The maximum absolute atomic E-state index is 6.05. The lowest BCUT2D eigenvalue weighted by atomic mass is 10.1. The summed E-state index contributed by atoms with van der Waals surface area (Å²) >= 11 is 0. The molecule has 106 valence electrons. The zero-order valence-corrected chi connectivity index (χ0v) is 12.1. The van der Waals surface area contributed by atoms with Gasteiger partial charge in [0.15, 0.2) is 0 Å². The summed E-state index contributed by atoms with van der Waals surface area (Å²) < 4.78 is 1.75. The molecule has 0 spiro atoms. The standard InChI is InChI=1S/C15H21N5/c1-11-6-7-13(12(2)10-11)20-14(16)17-15(18-20)19-8-4-3-5-9-19/h6-7,10H,3-5,8-9H2,1-2H3,(H2,16,17,18). The van der Waals surface area contributed by atoms with Gasteiger partial charge in [0.25, 0.3) is 0 Å². The van der Waals surface area contributed by atoms with E-state index >= 15 is 0 Å². The number of rotatable bonds is 2. The van der Waals surface area contributed by atoms with Crippen LogP contribution in [0.1, 0.15) is 30.4 Å². The number of nitrogens with zero attached hydrogens (tertiary/aromatic N) is 4. The SMILES string of the molecule is Cc1ccc(-n2nc(N3CCCCC3)nc2N)c(C)c1. The Morgan fingerprint density at radius 2 is 1.85 bits per heavy atom. The second-order valence-corrected chi connectivity index (χ2v) is 5.52. The van der Waals surface area contributed by atoms with Crippen LogP contribution in [0.15, 0.2) is 18.2 Å². The quantitative estimate of drug-likeness (QED) is 0.911. The monoisotopic (exact) mass is 271 g/mol. The van der Waals surface area contributed by atoms with Crippen molar-refractivity contribution in [2.24, 2.45) is 0 Å². The Morgan fingerprint density at radius 3 is 2.55 bits per heavy atom. The molecule has 20 heavy (non-hydrogen) atoms. The van der Waals surface area contributed by atoms with Gasteiger partial charge in [-0.05, 0) is 44.7 Å². The average molecular weight is 271 g/mol. The lowest BCUT2D eigenvalue weighted by molar-refractivity contribution is 0.568. The minimum absolute atomic E-state index is 0.456. The highest BCUT2D eigenvalue weighted by atomic mass is 15.5. The van der Waals surface area contributed by atoms with Gasteiger partial charge in [0.2, 0.25) is 11.9 Å². The Bertz CT molecular complexity index is 611. The fourth-order valence-corrected chi connectivity index (χ4v) is 2.76. The van der Waals surface area contributed by atoms with Gasteiger partial charge in [-0.2, -0.15) is 9.67 Å². The van der Waals surface area contributed by atoms with Gasteiger partial charge in [-0.25, -0.2) is 0 Å². The molecule has 0 unspecified atom stereocenters. The highest BCUT2D eigenvalue weighted by Crippen LogP contribution is 2.22. The molecule has 0 aliphatic carbocycles. The fraction of sp³-hybridized carbons (Fsp3) is 0.467. The molecule has 0 saturated carbocycles. The number of aryl methyl sites for hydroxylation is 2. The maximum atomic E-state index is 6.05.